The zero-order chi connectivity index (χ0) is 24.2. The van der Waals surface area contributed by atoms with Crippen LogP contribution in [0.4, 0.5) is 5.69 Å². The molecule has 6 heteroatoms. The Morgan fingerprint density at radius 2 is 1.35 bits per heavy atom. The van der Waals surface area contributed by atoms with E-state index in [0.717, 1.165) is 18.6 Å². The van der Waals surface area contributed by atoms with Gasteiger partial charge in [-0.15, -0.1) is 0 Å². The van der Waals surface area contributed by atoms with Gasteiger partial charge < -0.3 is 19.7 Å². The zero-order valence-corrected chi connectivity index (χ0v) is 19.8. The van der Waals surface area contributed by atoms with E-state index < -0.39 is 0 Å². The summed E-state index contributed by atoms with van der Waals surface area (Å²) in [6.45, 7) is 6.30. The minimum atomic E-state index is -0.269. The monoisotopic (exact) mass is 460 g/mol. The van der Waals surface area contributed by atoms with Crippen LogP contribution in [-0.2, 0) is 0 Å². The van der Waals surface area contributed by atoms with Gasteiger partial charge in [-0.2, -0.15) is 0 Å². The summed E-state index contributed by atoms with van der Waals surface area (Å²) < 4.78 is 11.4. The van der Waals surface area contributed by atoms with Gasteiger partial charge in [-0.25, -0.2) is 0 Å². The van der Waals surface area contributed by atoms with E-state index in [1.54, 1.807) is 48.5 Å². The van der Waals surface area contributed by atoms with Crippen LogP contribution in [0.3, 0.4) is 0 Å². The van der Waals surface area contributed by atoms with Crippen LogP contribution >= 0.6 is 0 Å². The number of ether oxygens (including phenoxy) is 2. The summed E-state index contributed by atoms with van der Waals surface area (Å²) in [5.74, 6) is 1.08. The van der Waals surface area contributed by atoms with Crippen LogP contribution in [-0.4, -0.2) is 43.0 Å². The van der Waals surface area contributed by atoms with E-state index in [1.807, 2.05) is 35.2 Å². The van der Waals surface area contributed by atoms with Crippen molar-refractivity contribution in [2.75, 3.05) is 31.6 Å². The van der Waals surface area contributed by atoms with Gasteiger partial charge in [-0.05, 0) is 61.4 Å². The normalized spacial score (nSPS) is 10.4. The molecule has 0 aliphatic rings. The van der Waals surface area contributed by atoms with E-state index in [0.29, 0.717) is 48.9 Å². The van der Waals surface area contributed by atoms with E-state index in [9.17, 15) is 9.59 Å². The fourth-order valence-corrected chi connectivity index (χ4v) is 3.53. The van der Waals surface area contributed by atoms with Crippen LogP contribution in [0.5, 0.6) is 11.5 Å². The van der Waals surface area contributed by atoms with Gasteiger partial charge in [-0.3, -0.25) is 9.59 Å². The van der Waals surface area contributed by atoms with Crippen molar-refractivity contribution in [3.05, 3.63) is 90.0 Å². The fraction of sp³-hybridized carbons (Fsp3) is 0.286. The number of benzene rings is 3. The Balaban J connectivity index is 1.58. The summed E-state index contributed by atoms with van der Waals surface area (Å²) in [4.78, 5) is 27.5. The summed E-state index contributed by atoms with van der Waals surface area (Å²) in [5.41, 5.74) is 1.61. The van der Waals surface area contributed by atoms with Crippen molar-refractivity contribution in [2.24, 2.45) is 0 Å². The molecule has 3 aromatic carbocycles. The molecular weight excluding hydrogens is 428 g/mol. The topological polar surface area (TPSA) is 67.9 Å². The lowest BCUT2D eigenvalue weighted by atomic mass is 10.1. The predicted octanol–water partition coefficient (Wildman–Crippen LogP) is 5.66. The largest absolute Gasteiger partial charge is 0.490 e. The second-order valence-electron chi connectivity index (χ2n) is 7.86. The number of hydrogen-bond acceptors (Lipinski definition) is 4. The Labute approximate surface area is 201 Å². The van der Waals surface area contributed by atoms with Gasteiger partial charge in [0.15, 0.2) is 0 Å². The third-order valence-electron chi connectivity index (χ3n) is 5.10. The first-order valence-electron chi connectivity index (χ1n) is 11.7. The Morgan fingerprint density at radius 1 is 0.735 bits per heavy atom. The smallest absolute Gasteiger partial charge is 0.255 e. The maximum Gasteiger partial charge on any atom is 0.255 e. The summed E-state index contributed by atoms with van der Waals surface area (Å²) >= 11 is 0. The first kappa shape index (κ1) is 24.8. The van der Waals surface area contributed by atoms with Crippen LogP contribution < -0.4 is 14.8 Å². The minimum Gasteiger partial charge on any atom is -0.490 e. The fourth-order valence-electron chi connectivity index (χ4n) is 3.53. The lowest BCUT2D eigenvalue weighted by Crippen LogP contribution is -2.32. The van der Waals surface area contributed by atoms with E-state index in [1.165, 1.54) is 0 Å². The van der Waals surface area contributed by atoms with Gasteiger partial charge in [0.2, 0.25) is 0 Å². The molecule has 0 unspecified atom stereocenters. The number of carbonyl (C=O) groups is 2. The van der Waals surface area contributed by atoms with Gasteiger partial charge in [0.1, 0.15) is 24.7 Å². The molecule has 0 saturated heterocycles. The van der Waals surface area contributed by atoms with E-state index in [4.69, 9.17) is 9.47 Å². The predicted molar refractivity (Wildman–Crippen MR) is 135 cm³/mol. The van der Waals surface area contributed by atoms with Gasteiger partial charge in [0.05, 0.1) is 0 Å². The SMILES string of the molecule is CCCN(CCC)C(=O)c1cccc(NC(=O)c2cccc(OCCOc3ccccc3)c2)c1. The molecule has 6 nitrogen and oxygen atoms in total. The molecule has 0 aliphatic heterocycles. The van der Waals surface area contributed by atoms with E-state index >= 15 is 0 Å². The van der Waals surface area contributed by atoms with Crippen LogP contribution in [0.25, 0.3) is 0 Å². The molecule has 0 bridgehead atoms. The quantitative estimate of drug-likeness (QED) is 0.354. The van der Waals surface area contributed by atoms with E-state index in [2.05, 4.69) is 19.2 Å². The highest BCUT2D eigenvalue weighted by Gasteiger charge is 2.15. The maximum absolute atomic E-state index is 12.9. The lowest BCUT2D eigenvalue weighted by molar-refractivity contribution is 0.0755. The number of carbonyl (C=O) groups excluding carboxylic acids is 2. The standard InChI is InChI=1S/C28H32N2O4/c1-3-16-30(17-4-2)28(32)23-11-8-12-24(20-23)29-27(31)22-10-9-15-26(21-22)34-19-18-33-25-13-6-5-7-14-25/h5-15,20-21H,3-4,16-19H2,1-2H3,(H,29,31). The lowest BCUT2D eigenvalue weighted by Gasteiger charge is -2.21. The van der Waals surface area contributed by atoms with Crippen molar-refractivity contribution in [3.63, 3.8) is 0 Å². The van der Waals surface area contributed by atoms with Crippen LogP contribution in [0.1, 0.15) is 47.4 Å². The summed E-state index contributed by atoms with van der Waals surface area (Å²) in [5, 5.41) is 2.88. The molecule has 0 aliphatic carbocycles. The Hall–Kier alpha value is -3.80. The minimum absolute atomic E-state index is 0.0204. The number of nitrogens with one attached hydrogen (secondary N) is 1. The highest BCUT2D eigenvalue weighted by molar-refractivity contribution is 6.05. The number of para-hydroxylation sites is 1. The van der Waals surface area contributed by atoms with Crippen molar-refractivity contribution in [2.45, 2.75) is 26.7 Å². The van der Waals surface area contributed by atoms with Gasteiger partial charge >= 0.3 is 0 Å². The molecule has 3 rings (SSSR count). The third-order valence-corrected chi connectivity index (χ3v) is 5.10. The molecule has 0 aromatic heterocycles. The molecular formula is C28H32N2O4. The second-order valence-corrected chi connectivity index (χ2v) is 7.86. The molecule has 0 fully saturated rings. The van der Waals surface area contributed by atoms with Gasteiger partial charge in [0.25, 0.3) is 11.8 Å². The summed E-state index contributed by atoms with van der Waals surface area (Å²) in [7, 11) is 0. The average Bonchev–Trinajstić information content (AvgIpc) is 2.87. The van der Waals surface area contributed by atoms with E-state index in [-0.39, 0.29) is 11.8 Å². The first-order valence-corrected chi connectivity index (χ1v) is 11.7. The third kappa shape index (κ3) is 7.37. The molecule has 34 heavy (non-hydrogen) atoms. The average molecular weight is 461 g/mol. The molecule has 0 atom stereocenters. The van der Waals surface area contributed by atoms with Crippen LogP contribution in [0, 0.1) is 0 Å². The van der Waals surface area contributed by atoms with Crippen LogP contribution in [0.2, 0.25) is 0 Å². The maximum atomic E-state index is 12.9. The molecule has 2 amide bonds. The zero-order valence-electron chi connectivity index (χ0n) is 19.8. The second kappa shape index (κ2) is 13.0. The molecule has 0 heterocycles. The van der Waals surface area contributed by atoms with Crippen LogP contribution in [0.15, 0.2) is 78.9 Å². The molecule has 0 radical (unpaired) electrons. The number of hydrogen-bond donors (Lipinski definition) is 1. The van der Waals surface area contributed by atoms with Gasteiger partial charge in [-0.1, -0.05) is 44.2 Å². The molecule has 3 aromatic rings. The van der Waals surface area contributed by atoms with Crippen molar-refractivity contribution in [1.82, 2.24) is 4.90 Å². The molecule has 0 saturated carbocycles. The molecule has 178 valence electrons. The summed E-state index contributed by atoms with van der Waals surface area (Å²) in [6, 6.07) is 23.6. The number of amides is 2. The van der Waals surface area contributed by atoms with Crippen molar-refractivity contribution in [1.29, 1.82) is 0 Å². The molecule has 1 N–H and O–H groups in total. The van der Waals surface area contributed by atoms with Crippen molar-refractivity contribution >= 4 is 17.5 Å². The summed E-state index contributed by atoms with van der Waals surface area (Å²) in [6.07, 6.45) is 1.80. The Bertz CT molecular complexity index is 1060. The molecule has 0 spiro atoms. The number of rotatable bonds is 12. The highest BCUT2D eigenvalue weighted by Crippen LogP contribution is 2.18. The Morgan fingerprint density at radius 3 is 2.06 bits per heavy atom. The van der Waals surface area contributed by atoms with Crippen molar-refractivity contribution in [3.8, 4) is 11.5 Å². The van der Waals surface area contributed by atoms with Gasteiger partial charge in [0, 0.05) is 29.9 Å². The number of anilines is 1. The number of nitrogens with zero attached hydrogens (tertiary/aromatic N) is 1. The van der Waals surface area contributed by atoms with Crippen molar-refractivity contribution < 1.29 is 19.1 Å². The highest BCUT2D eigenvalue weighted by atomic mass is 16.5. The Kier molecular flexibility index (Phi) is 9.52. The first-order chi connectivity index (χ1) is 16.6.